The maximum atomic E-state index is 13.5. The van der Waals surface area contributed by atoms with Gasteiger partial charge in [0.1, 0.15) is 6.61 Å². The number of nitrogens with one attached hydrogen (secondary N) is 1. The van der Waals surface area contributed by atoms with E-state index in [1.54, 1.807) is 49.8 Å². The minimum atomic E-state index is -4.70. The Morgan fingerprint density at radius 2 is 1.74 bits per heavy atom. The Morgan fingerprint density at radius 3 is 2.30 bits per heavy atom. The predicted molar refractivity (Wildman–Crippen MR) is 156 cm³/mol. The summed E-state index contributed by atoms with van der Waals surface area (Å²) in [5.74, 6) is -0.480. The molecule has 17 heteroatoms. The monoisotopic (exact) mass is 666 g/mol. The van der Waals surface area contributed by atoms with Crippen molar-refractivity contribution in [3.05, 3.63) is 65.9 Å². The summed E-state index contributed by atoms with van der Waals surface area (Å²) in [6.45, 7) is 8.64. The number of ether oxygens (including phenoxy) is 2. The van der Waals surface area contributed by atoms with Gasteiger partial charge in [-0.1, -0.05) is 29.8 Å². The number of carbonyl (C=O) groups is 2. The first kappa shape index (κ1) is 34.2. The van der Waals surface area contributed by atoms with E-state index in [1.165, 1.54) is 24.1 Å². The molecule has 1 saturated heterocycles. The molecule has 1 unspecified atom stereocenters. The smallest absolute Gasteiger partial charge is 0.435 e. The second-order valence-electron chi connectivity index (χ2n) is 11.5. The molecule has 0 spiro atoms. The Labute approximate surface area is 263 Å². The highest BCUT2D eigenvalue weighted by Gasteiger charge is 2.35. The van der Waals surface area contributed by atoms with Crippen molar-refractivity contribution in [1.29, 1.82) is 0 Å². The normalized spacial score (nSPS) is 16.1. The van der Waals surface area contributed by atoms with Gasteiger partial charge in [0, 0.05) is 24.3 Å². The highest BCUT2D eigenvalue weighted by atomic mass is 32.2. The molecular weight excluding hydrogens is 633 g/mol. The molecule has 0 saturated carbocycles. The summed E-state index contributed by atoms with van der Waals surface area (Å²) < 4.78 is 79.1. The fourth-order valence-electron chi connectivity index (χ4n) is 3.98. The molecule has 4 rings (SSSR count). The zero-order valence-electron chi connectivity index (χ0n) is 25.6. The zero-order chi connectivity index (χ0) is 33.9. The molecule has 1 aliphatic rings. The summed E-state index contributed by atoms with van der Waals surface area (Å²) in [6.07, 6.45) is -6.35. The van der Waals surface area contributed by atoms with Crippen LogP contribution in [0.2, 0.25) is 0 Å². The molecule has 0 radical (unpaired) electrons. The van der Waals surface area contributed by atoms with Crippen LogP contribution in [0.1, 0.15) is 45.4 Å². The molecule has 1 N–H and O–H groups in total. The Balaban J connectivity index is 1.34. The number of benzene rings is 2. The molecule has 1 aliphatic heterocycles. The number of amides is 1. The molecule has 1 amide bonds. The van der Waals surface area contributed by atoms with Crippen LogP contribution in [-0.2, 0) is 35.3 Å². The number of carbonyl (C=O) groups excluding carboxylic acids is 2. The number of nitrogens with zero attached hydrogens (tertiary/aromatic N) is 5. The molecule has 2 atom stereocenters. The first-order valence-corrected chi connectivity index (χ1v) is 15.5. The molecule has 46 heavy (non-hydrogen) atoms. The number of hydrogen-bond acceptors (Lipinski definition) is 10. The average Bonchev–Trinajstić information content (AvgIpc) is 3.41. The van der Waals surface area contributed by atoms with E-state index in [0.29, 0.717) is 18.5 Å². The van der Waals surface area contributed by atoms with Crippen molar-refractivity contribution >= 4 is 22.1 Å². The first-order valence-electron chi connectivity index (χ1n) is 14.0. The summed E-state index contributed by atoms with van der Waals surface area (Å²) in [4.78, 5) is 28.9. The van der Waals surface area contributed by atoms with E-state index in [-0.39, 0.29) is 22.9 Å². The highest BCUT2D eigenvalue weighted by Crippen LogP contribution is 2.33. The lowest BCUT2D eigenvalue weighted by atomic mass is 9.97. The maximum absolute atomic E-state index is 13.5. The molecule has 0 aliphatic carbocycles. The molecule has 13 nitrogen and oxygen atoms in total. The lowest BCUT2D eigenvalue weighted by molar-refractivity contribution is -0.187. The van der Waals surface area contributed by atoms with Gasteiger partial charge >= 0.3 is 18.2 Å². The van der Waals surface area contributed by atoms with Crippen molar-refractivity contribution in [2.24, 2.45) is 15.9 Å². The van der Waals surface area contributed by atoms with E-state index in [0.717, 1.165) is 28.4 Å². The Morgan fingerprint density at radius 1 is 1.09 bits per heavy atom. The van der Waals surface area contributed by atoms with Crippen molar-refractivity contribution in [2.75, 3.05) is 13.2 Å². The van der Waals surface area contributed by atoms with Gasteiger partial charge in [-0.15, -0.1) is 0 Å². The predicted octanol–water partition coefficient (Wildman–Crippen LogP) is 5.59. The summed E-state index contributed by atoms with van der Waals surface area (Å²) in [7, 11) is -4.39. The number of esters is 1. The van der Waals surface area contributed by atoms with Gasteiger partial charge in [-0.3, -0.25) is 9.80 Å². The fraction of sp³-hybridized carbons (Fsp3) is 0.414. The van der Waals surface area contributed by atoms with E-state index in [9.17, 15) is 31.2 Å². The second kappa shape index (κ2) is 13.4. The van der Waals surface area contributed by atoms with Crippen LogP contribution in [-0.4, -0.2) is 60.8 Å². The SMILES string of the molecule is Cc1ccc(-c2cc(C(F)(F)F)nn2-c2ccc(S(=O)(=O)NC(=O)OC[C@@H]3CCN3/N=N\OC(C)OC(=O)C(C)(C)C)cc2)cc1. The second-order valence-corrected chi connectivity index (χ2v) is 13.2. The fourth-order valence-corrected chi connectivity index (χ4v) is 4.87. The van der Waals surface area contributed by atoms with Crippen LogP contribution in [0, 0.1) is 12.3 Å². The van der Waals surface area contributed by atoms with Crippen LogP contribution < -0.4 is 4.72 Å². The van der Waals surface area contributed by atoms with Crippen molar-refractivity contribution in [3.8, 4) is 16.9 Å². The Bertz CT molecular complexity index is 1690. The van der Waals surface area contributed by atoms with E-state index in [4.69, 9.17) is 14.3 Å². The Kier molecular flexibility index (Phi) is 9.94. The van der Waals surface area contributed by atoms with Crippen LogP contribution in [0.15, 0.2) is 70.0 Å². The standard InChI is InChI=1S/C29H33F3N6O7S/c1-18-6-8-20(9-7-18)24-16-25(29(30,31)32)33-38(24)21-10-12-23(13-11-21)46(41,42)34-27(40)43-17-22-14-15-37(22)35-36-45-19(2)44-26(39)28(3,4)5/h6-13,16,19,22H,14-15,17H2,1-5H3,(H,34,40)/b36-35-/t19?,22-/m0/s1. The highest BCUT2D eigenvalue weighted by molar-refractivity contribution is 7.90. The van der Waals surface area contributed by atoms with Crippen molar-refractivity contribution in [3.63, 3.8) is 0 Å². The van der Waals surface area contributed by atoms with Gasteiger partial charge < -0.3 is 14.3 Å². The largest absolute Gasteiger partial charge is 0.447 e. The van der Waals surface area contributed by atoms with Crippen LogP contribution in [0.25, 0.3) is 16.9 Å². The van der Waals surface area contributed by atoms with Crippen molar-refractivity contribution < 1.29 is 45.5 Å². The molecule has 248 valence electrons. The Hall–Kier alpha value is -4.67. The van der Waals surface area contributed by atoms with Crippen LogP contribution in [0.5, 0.6) is 0 Å². The van der Waals surface area contributed by atoms with E-state index in [2.05, 4.69) is 15.6 Å². The minimum absolute atomic E-state index is 0.152. The number of aromatic nitrogens is 2. The molecule has 3 aromatic rings. The quantitative estimate of drug-likeness (QED) is 0.126. The topological polar surface area (TPSA) is 154 Å². The third-order valence-corrected chi connectivity index (χ3v) is 8.04. The van der Waals surface area contributed by atoms with Gasteiger partial charge in [0.15, 0.2) is 5.69 Å². The van der Waals surface area contributed by atoms with E-state index in [1.807, 2.05) is 6.92 Å². The van der Waals surface area contributed by atoms with E-state index >= 15 is 0 Å². The lowest BCUT2D eigenvalue weighted by Crippen LogP contribution is -2.47. The van der Waals surface area contributed by atoms with Crippen molar-refractivity contribution in [2.45, 2.75) is 64.4 Å². The molecular formula is C29H33F3N6O7S. The van der Waals surface area contributed by atoms with Gasteiger partial charge in [-0.2, -0.15) is 18.3 Å². The molecule has 2 aromatic carbocycles. The van der Waals surface area contributed by atoms with Crippen LogP contribution >= 0.6 is 0 Å². The summed E-state index contributed by atoms with van der Waals surface area (Å²) in [6, 6.07) is 12.1. The number of rotatable bonds is 10. The van der Waals surface area contributed by atoms with Gasteiger partial charge in [-0.25, -0.2) is 22.6 Å². The first-order chi connectivity index (χ1) is 21.4. The van der Waals surface area contributed by atoms with Crippen molar-refractivity contribution in [1.82, 2.24) is 19.5 Å². The summed E-state index contributed by atoms with van der Waals surface area (Å²) >= 11 is 0. The summed E-state index contributed by atoms with van der Waals surface area (Å²) in [5.41, 5.74) is -0.122. The molecule has 2 heterocycles. The van der Waals surface area contributed by atoms with Crippen LogP contribution in [0.4, 0.5) is 18.0 Å². The molecule has 1 fully saturated rings. The third kappa shape index (κ3) is 8.52. The minimum Gasteiger partial charge on any atom is -0.447 e. The number of alkyl halides is 3. The van der Waals surface area contributed by atoms with Gasteiger partial charge in [-0.05, 0) is 69.7 Å². The zero-order valence-corrected chi connectivity index (χ0v) is 26.4. The lowest BCUT2D eigenvalue weighted by Gasteiger charge is -2.36. The number of sulfonamides is 1. The van der Waals surface area contributed by atoms with Crippen LogP contribution in [0.3, 0.4) is 0 Å². The number of aryl methyl sites for hydroxylation is 1. The van der Waals surface area contributed by atoms with Gasteiger partial charge in [0.25, 0.3) is 16.3 Å². The van der Waals surface area contributed by atoms with Gasteiger partial charge in [0.2, 0.25) is 0 Å². The molecule has 0 bridgehead atoms. The summed E-state index contributed by atoms with van der Waals surface area (Å²) in [5, 5.41) is 12.5. The molecule has 1 aromatic heterocycles. The number of halogens is 3. The van der Waals surface area contributed by atoms with E-state index < -0.39 is 51.7 Å². The number of hydrogen-bond donors (Lipinski definition) is 1. The average molecular weight is 667 g/mol. The third-order valence-electron chi connectivity index (χ3n) is 6.71. The van der Waals surface area contributed by atoms with Gasteiger partial charge in [0.05, 0.1) is 27.7 Å². The maximum Gasteiger partial charge on any atom is 0.435 e.